The number of nitrogens with zero attached hydrogens (tertiary/aromatic N) is 1. The van der Waals surface area contributed by atoms with Gasteiger partial charge in [0.25, 0.3) is 0 Å². The summed E-state index contributed by atoms with van der Waals surface area (Å²) in [4.78, 5) is 2.22. The minimum atomic E-state index is 0.639. The molecule has 12 heavy (non-hydrogen) atoms. The molecule has 1 aliphatic carbocycles. The largest absolute Gasteiger partial charge is 0.329 e. The van der Waals surface area contributed by atoms with Crippen LogP contribution in [0.25, 0.3) is 0 Å². The van der Waals surface area contributed by atoms with Crippen molar-refractivity contribution < 1.29 is 0 Å². The number of terminal acetylenes is 1. The average molecular weight is 163 g/mol. The minimum absolute atomic E-state index is 0.639. The van der Waals surface area contributed by atoms with E-state index in [-0.39, 0.29) is 0 Å². The Bertz CT molecular complexity index is 220. The fourth-order valence-electron chi connectivity index (χ4n) is 2.88. The molecule has 1 heteroatoms. The lowest BCUT2D eigenvalue weighted by Gasteiger charge is -2.28. The van der Waals surface area contributed by atoms with Crippen molar-refractivity contribution in [1.82, 2.24) is 4.90 Å². The van der Waals surface area contributed by atoms with E-state index in [1.807, 2.05) is 0 Å². The van der Waals surface area contributed by atoms with E-state index in [4.69, 9.17) is 6.42 Å². The van der Waals surface area contributed by atoms with Crippen molar-refractivity contribution in [1.29, 1.82) is 0 Å². The Hall–Kier alpha value is -0.640. The second kappa shape index (κ2) is 2.42. The van der Waals surface area contributed by atoms with E-state index in [9.17, 15) is 0 Å². The second-order valence-electron chi connectivity index (χ2n) is 4.62. The predicted molar refractivity (Wildman–Crippen MR) is 50.4 cm³/mol. The van der Waals surface area contributed by atoms with Crippen LogP contribution in [-0.2, 0) is 0 Å². The molecule has 1 spiro atoms. The number of likely N-dealkylation sites (tertiary alicyclic amines) is 1. The maximum atomic E-state index is 5.49. The van der Waals surface area contributed by atoms with Crippen molar-refractivity contribution in [2.24, 2.45) is 11.3 Å². The summed E-state index contributed by atoms with van der Waals surface area (Å²) < 4.78 is 0. The van der Waals surface area contributed by atoms with Crippen molar-refractivity contribution in [2.45, 2.75) is 39.2 Å². The van der Waals surface area contributed by atoms with Gasteiger partial charge in [0.15, 0.2) is 0 Å². The van der Waals surface area contributed by atoms with Crippen LogP contribution in [0.1, 0.15) is 33.1 Å². The van der Waals surface area contributed by atoms with Gasteiger partial charge in [0.2, 0.25) is 0 Å². The highest BCUT2D eigenvalue weighted by atomic mass is 15.2. The topological polar surface area (TPSA) is 3.24 Å². The molecule has 0 aromatic carbocycles. The third-order valence-corrected chi connectivity index (χ3v) is 3.50. The van der Waals surface area contributed by atoms with E-state index in [1.54, 1.807) is 0 Å². The van der Waals surface area contributed by atoms with Crippen molar-refractivity contribution >= 4 is 0 Å². The zero-order chi connectivity index (χ0) is 8.77. The van der Waals surface area contributed by atoms with Gasteiger partial charge < -0.3 is 4.90 Å². The zero-order valence-corrected chi connectivity index (χ0v) is 8.01. The number of hydrogen-bond acceptors (Lipinski definition) is 1. The summed E-state index contributed by atoms with van der Waals surface area (Å²) in [5.41, 5.74) is 0.639. The summed E-state index contributed by atoms with van der Waals surface area (Å²) in [7, 11) is 0. The van der Waals surface area contributed by atoms with Crippen molar-refractivity contribution in [3.05, 3.63) is 0 Å². The van der Waals surface area contributed by atoms with E-state index in [1.165, 1.54) is 19.3 Å². The van der Waals surface area contributed by atoms with Gasteiger partial charge in [0.1, 0.15) is 0 Å². The highest BCUT2D eigenvalue weighted by molar-refractivity contribution is 5.12. The van der Waals surface area contributed by atoms with Crippen LogP contribution in [0.15, 0.2) is 0 Å². The van der Waals surface area contributed by atoms with Crippen molar-refractivity contribution in [3.63, 3.8) is 0 Å². The van der Waals surface area contributed by atoms with Crippen molar-refractivity contribution in [2.75, 3.05) is 6.54 Å². The molecule has 0 aromatic heterocycles. The maximum absolute atomic E-state index is 5.49. The van der Waals surface area contributed by atoms with Crippen LogP contribution >= 0.6 is 0 Å². The predicted octanol–water partition coefficient (Wildman–Crippen LogP) is 2.09. The van der Waals surface area contributed by atoms with Gasteiger partial charge in [0.05, 0.1) is 0 Å². The van der Waals surface area contributed by atoms with Crippen LogP contribution in [0.2, 0.25) is 0 Å². The van der Waals surface area contributed by atoms with Crippen LogP contribution < -0.4 is 0 Å². The van der Waals surface area contributed by atoms with Gasteiger partial charge in [-0.2, -0.15) is 0 Å². The lowest BCUT2D eigenvalue weighted by molar-refractivity contribution is 0.233. The summed E-state index contributed by atoms with van der Waals surface area (Å²) in [6.07, 6.45) is 9.64. The van der Waals surface area contributed by atoms with Gasteiger partial charge in [0, 0.05) is 18.6 Å². The van der Waals surface area contributed by atoms with E-state index < -0.39 is 0 Å². The molecule has 0 bridgehead atoms. The summed E-state index contributed by atoms with van der Waals surface area (Å²) in [6.45, 7) is 5.71. The van der Waals surface area contributed by atoms with Gasteiger partial charge in [-0.05, 0) is 30.6 Å². The molecule has 0 radical (unpaired) electrons. The summed E-state index contributed by atoms with van der Waals surface area (Å²) >= 11 is 0. The first kappa shape index (κ1) is 7.98. The Morgan fingerprint density at radius 1 is 1.42 bits per heavy atom. The molecule has 2 aliphatic rings. The average Bonchev–Trinajstić information content (AvgIpc) is 2.64. The molecule has 2 rings (SSSR count). The van der Waals surface area contributed by atoms with E-state index in [0.717, 1.165) is 6.54 Å². The molecule has 1 saturated carbocycles. The molecular formula is C11H17N. The summed E-state index contributed by atoms with van der Waals surface area (Å²) in [6, 6.07) is 3.49. The van der Waals surface area contributed by atoms with Crippen LogP contribution in [0.3, 0.4) is 0 Å². The molecule has 2 fully saturated rings. The molecule has 1 atom stereocenters. The lowest BCUT2D eigenvalue weighted by Crippen LogP contribution is -2.34. The number of rotatable bonds is 1. The minimum Gasteiger partial charge on any atom is -0.329 e. The van der Waals surface area contributed by atoms with Gasteiger partial charge in [-0.15, -0.1) is 0 Å². The van der Waals surface area contributed by atoms with Crippen LogP contribution in [0.4, 0.5) is 0 Å². The molecule has 66 valence electrons. The SMILES string of the molecule is C#CN1CCC2(CC2)C1C(C)C. The molecule has 0 amide bonds. The van der Waals surface area contributed by atoms with Gasteiger partial charge in [-0.25, -0.2) is 0 Å². The van der Waals surface area contributed by atoms with E-state index in [2.05, 4.69) is 24.8 Å². The van der Waals surface area contributed by atoms with Crippen LogP contribution in [0.5, 0.6) is 0 Å². The highest BCUT2D eigenvalue weighted by Gasteiger charge is 2.55. The summed E-state index contributed by atoms with van der Waals surface area (Å²) in [5.74, 6) is 0.714. The fourth-order valence-corrected chi connectivity index (χ4v) is 2.88. The molecule has 1 aliphatic heterocycles. The van der Waals surface area contributed by atoms with Crippen molar-refractivity contribution in [3.8, 4) is 12.5 Å². The quantitative estimate of drug-likeness (QED) is 0.535. The molecular weight excluding hydrogens is 146 g/mol. The van der Waals surface area contributed by atoms with E-state index >= 15 is 0 Å². The first-order valence-corrected chi connectivity index (χ1v) is 4.92. The van der Waals surface area contributed by atoms with Crippen LogP contribution in [0, 0.1) is 23.8 Å². The maximum Gasteiger partial charge on any atom is 0.0451 e. The second-order valence-corrected chi connectivity index (χ2v) is 4.62. The Kier molecular flexibility index (Phi) is 1.61. The number of hydrogen-bond donors (Lipinski definition) is 0. The van der Waals surface area contributed by atoms with Gasteiger partial charge >= 0.3 is 0 Å². The van der Waals surface area contributed by atoms with Gasteiger partial charge in [-0.3, -0.25) is 0 Å². The third-order valence-electron chi connectivity index (χ3n) is 3.50. The van der Waals surface area contributed by atoms with E-state index in [0.29, 0.717) is 17.4 Å². The Morgan fingerprint density at radius 2 is 2.08 bits per heavy atom. The zero-order valence-electron chi connectivity index (χ0n) is 8.01. The molecule has 1 heterocycles. The first-order valence-electron chi connectivity index (χ1n) is 4.92. The monoisotopic (exact) mass is 163 g/mol. The molecule has 1 unspecified atom stereocenters. The standard InChI is InChI=1S/C11H17N/c1-4-12-8-7-11(5-6-11)10(12)9(2)3/h1,9-10H,5-8H2,2-3H3. The highest BCUT2D eigenvalue weighted by Crippen LogP contribution is 2.58. The molecule has 0 aromatic rings. The smallest absolute Gasteiger partial charge is 0.0451 e. The third kappa shape index (κ3) is 0.941. The van der Waals surface area contributed by atoms with Gasteiger partial charge in [-0.1, -0.05) is 20.3 Å². The molecule has 1 nitrogen and oxygen atoms in total. The first-order chi connectivity index (χ1) is 5.69. The normalized spacial score (nSPS) is 31.2. The van der Waals surface area contributed by atoms with Crippen LogP contribution in [-0.4, -0.2) is 17.5 Å². The summed E-state index contributed by atoms with van der Waals surface area (Å²) in [5, 5.41) is 0. The Morgan fingerprint density at radius 3 is 2.50 bits per heavy atom. The lowest BCUT2D eigenvalue weighted by atomic mass is 9.88. The Labute approximate surface area is 75.1 Å². The molecule has 1 saturated heterocycles. The fraction of sp³-hybridized carbons (Fsp3) is 0.818. The molecule has 0 N–H and O–H groups in total. The Balaban J connectivity index is 2.18.